The summed E-state index contributed by atoms with van der Waals surface area (Å²) in [5.74, 6) is -0.337. The van der Waals surface area contributed by atoms with E-state index in [1.54, 1.807) is 18.2 Å². The van der Waals surface area contributed by atoms with Gasteiger partial charge in [-0.2, -0.15) is 0 Å². The third-order valence-corrected chi connectivity index (χ3v) is 3.25. The van der Waals surface area contributed by atoms with E-state index in [0.29, 0.717) is 18.2 Å². The normalized spacial score (nSPS) is 20.2. The van der Waals surface area contributed by atoms with Crippen LogP contribution in [-0.4, -0.2) is 43.0 Å². The Kier molecular flexibility index (Phi) is 4.87. The second-order valence-corrected chi connectivity index (χ2v) is 4.96. The van der Waals surface area contributed by atoms with Gasteiger partial charge in [-0.3, -0.25) is 9.69 Å². The number of hydrogen-bond donors (Lipinski definition) is 2. The van der Waals surface area contributed by atoms with Crippen LogP contribution in [0.3, 0.4) is 0 Å². The average Bonchev–Trinajstić information content (AvgIpc) is 2.38. The monoisotopic (exact) mass is 265 g/mol. The van der Waals surface area contributed by atoms with Crippen LogP contribution in [0.15, 0.2) is 24.3 Å². The van der Waals surface area contributed by atoms with Gasteiger partial charge in [0.1, 0.15) is 5.82 Å². The summed E-state index contributed by atoms with van der Waals surface area (Å²) in [6, 6.07) is 6.90. The fraction of sp³-hybridized carbons (Fsp3) is 0.500. The number of benzene rings is 1. The maximum atomic E-state index is 13.4. The highest BCUT2D eigenvalue weighted by Gasteiger charge is 2.17. The second kappa shape index (κ2) is 6.63. The zero-order chi connectivity index (χ0) is 13.7. The van der Waals surface area contributed by atoms with Gasteiger partial charge in [-0.15, -0.1) is 0 Å². The molecular weight excluding hydrogens is 245 g/mol. The first-order valence-electron chi connectivity index (χ1n) is 6.61. The van der Waals surface area contributed by atoms with Crippen molar-refractivity contribution in [1.29, 1.82) is 0 Å². The third-order valence-electron chi connectivity index (χ3n) is 3.25. The van der Waals surface area contributed by atoms with Crippen molar-refractivity contribution in [2.75, 3.05) is 26.2 Å². The van der Waals surface area contributed by atoms with E-state index in [9.17, 15) is 9.18 Å². The van der Waals surface area contributed by atoms with Crippen LogP contribution in [0.1, 0.15) is 12.5 Å². The van der Waals surface area contributed by atoms with Crippen molar-refractivity contribution in [1.82, 2.24) is 15.5 Å². The minimum Gasteiger partial charge on any atom is -0.351 e. The Morgan fingerprint density at radius 3 is 3.05 bits per heavy atom. The average molecular weight is 265 g/mol. The van der Waals surface area contributed by atoms with Gasteiger partial charge in [0.05, 0.1) is 6.54 Å². The second-order valence-electron chi connectivity index (χ2n) is 4.96. The highest BCUT2D eigenvalue weighted by atomic mass is 19.1. The number of amides is 1. The summed E-state index contributed by atoms with van der Waals surface area (Å²) in [6.45, 7) is 5.36. The molecule has 2 rings (SSSR count). The lowest BCUT2D eigenvalue weighted by Crippen LogP contribution is -2.51. The van der Waals surface area contributed by atoms with Crippen molar-refractivity contribution in [2.45, 2.75) is 19.5 Å². The minimum atomic E-state index is -0.279. The zero-order valence-corrected chi connectivity index (χ0v) is 11.2. The van der Waals surface area contributed by atoms with Crippen LogP contribution < -0.4 is 10.6 Å². The molecule has 0 spiro atoms. The molecule has 0 aromatic heterocycles. The maximum Gasteiger partial charge on any atom is 0.234 e. The van der Waals surface area contributed by atoms with E-state index in [-0.39, 0.29) is 18.3 Å². The van der Waals surface area contributed by atoms with Crippen LogP contribution in [-0.2, 0) is 11.3 Å². The predicted octanol–water partition coefficient (Wildman–Crippen LogP) is 0.736. The van der Waals surface area contributed by atoms with Gasteiger partial charge in [0.2, 0.25) is 5.91 Å². The first kappa shape index (κ1) is 14.0. The third kappa shape index (κ3) is 4.29. The Hall–Kier alpha value is -1.46. The number of halogens is 1. The summed E-state index contributed by atoms with van der Waals surface area (Å²) >= 11 is 0. The smallest absolute Gasteiger partial charge is 0.234 e. The van der Waals surface area contributed by atoms with Gasteiger partial charge in [-0.1, -0.05) is 18.2 Å². The van der Waals surface area contributed by atoms with Gasteiger partial charge >= 0.3 is 0 Å². The first-order chi connectivity index (χ1) is 9.15. The molecule has 104 valence electrons. The van der Waals surface area contributed by atoms with Crippen molar-refractivity contribution < 1.29 is 9.18 Å². The summed E-state index contributed by atoms with van der Waals surface area (Å²) < 4.78 is 13.4. The number of nitrogens with zero attached hydrogens (tertiary/aromatic N) is 1. The fourth-order valence-corrected chi connectivity index (χ4v) is 2.25. The lowest BCUT2D eigenvalue weighted by atomic mass is 10.2. The number of rotatable bonds is 4. The number of piperazine rings is 1. The number of carbonyl (C=O) groups excluding carboxylic acids is 1. The summed E-state index contributed by atoms with van der Waals surface area (Å²) in [5, 5.41) is 6.09. The Bertz CT molecular complexity index is 438. The lowest BCUT2D eigenvalue weighted by Gasteiger charge is -2.31. The van der Waals surface area contributed by atoms with Crippen LogP contribution >= 0.6 is 0 Å². The molecule has 0 saturated carbocycles. The predicted molar refractivity (Wildman–Crippen MR) is 72.2 cm³/mol. The van der Waals surface area contributed by atoms with Crippen molar-refractivity contribution in [3.63, 3.8) is 0 Å². The van der Waals surface area contributed by atoms with Gasteiger partial charge in [-0.05, 0) is 13.0 Å². The summed E-state index contributed by atoms with van der Waals surface area (Å²) in [4.78, 5) is 13.9. The maximum absolute atomic E-state index is 13.4. The molecule has 0 radical (unpaired) electrons. The fourth-order valence-electron chi connectivity index (χ4n) is 2.25. The largest absolute Gasteiger partial charge is 0.351 e. The van der Waals surface area contributed by atoms with Crippen molar-refractivity contribution >= 4 is 5.91 Å². The molecule has 1 amide bonds. The molecule has 19 heavy (non-hydrogen) atoms. The zero-order valence-electron chi connectivity index (χ0n) is 11.2. The van der Waals surface area contributed by atoms with Crippen LogP contribution in [0.4, 0.5) is 4.39 Å². The van der Waals surface area contributed by atoms with E-state index in [1.807, 2.05) is 0 Å². The summed E-state index contributed by atoms with van der Waals surface area (Å²) in [5.41, 5.74) is 0.518. The molecule has 0 unspecified atom stereocenters. The Balaban J connectivity index is 1.77. The molecule has 1 aliphatic rings. The molecule has 1 saturated heterocycles. The number of hydrogen-bond acceptors (Lipinski definition) is 3. The molecule has 1 aromatic carbocycles. The van der Waals surface area contributed by atoms with Crippen LogP contribution in [0.2, 0.25) is 0 Å². The molecule has 1 atom stereocenters. The minimum absolute atomic E-state index is 0.0580. The van der Waals surface area contributed by atoms with Crippen LogP contribution in [0, 0.1) is 5.82 Å². The summed E-state index contributed by atoms with van der Waals surface area (Å²) in [7, 11) is 0. The molecule has 1 heterocycles. The molecule has 5 heteroatoms. The Morgan fingerprint density at radius 2 is 2.32 bits per heavy atom. The van der Waals surface area contributed by atoms with Gasteiger partial charge < -0.3 is 10.6 Å². The van der Waals surface area contributed by atoms with Crippen LogP contribution in [0.5, 0.6) is 0 Å². The quantitative estimate of drug-likeness (QED) is 0.844. The van der Waals surface area contributed by atoms with Gasteiger partial charge in [0.25, 0.3) is 0 Å². The highest BCUT2D eigenvalue weighted by molar-refractivity contribution is 5.78. The molecule has 0 bridgehead atoms. The molecule has 4 nitrogen and oxygen atoms in total. The topological polar surface area (TPSA) is 44.4 Å². The van der Waals surface area contributed by atoms with E-state index in [4.69, 9.17) is 0 Å². The van der Waals surface area contributed by atoms with Crippen molar-refractivity contribution in [3.8, 4) is 0 Å². The van der Waals surface area contributed by atoms with E-state index in [2.05, 4.69) is 22.5 Å². The number of carbonyl (C=O) groups is 1. The SMILES string of the molecule is C[C@H]1CN(CC(=O)NCc2ccccc2F)CCN1. The van der Waals surface area contributed by atoms with Crippen molar-refractivity contribution in [3.05, 3.63) is 35.6 Å². The van der Waals surface area contributed by atoms with Gasteiger partial charge in [0.15, 0.2) is 0 Å². The van der Waals surface area contributed by atoms with Gasteiger partial charge in [-0.25, -0.2) is 4.39 Å². The highest BCUT2D eigenvalue weighted by Crippen LogP contribution is 2.05. The lowest BCUT2D eigenvalue weighted by molar-refractivity contribution is -0.122. The Morgan fingerprint density at radius 1 is 1.53 bits per heavy atom. The first-order valence-corrected chi connectivity index (χ1v) is 6.61. The standard InChI is InChI=1S/C14H20FN3O/c1-11-9-18(7-6-16-11)10-14(19)17-8-12-4-2-3-5-13(12)15/h2-5,11,16H,6-10H2,1H3,(H,17,19)/t11-/m0/s1. The number of nitrogens with one attached hydrogen (secondary N) is 2. The molecule has 1 aromatic rings. The van der Waals surface area contributed by atoms with Crippen LogP contribution in [0.25, 0.3) is 0 Å². The molecule has 1 fully saturated rings. The van der Waals surface area contributed by atoms with E-state index in [1.165, 1.54) is 6.07 Å². The van der Waals surface area contributed by atoms with E-state index in [0.717, 1.165) is 19.6 Å². The molecule has 2 N–H and O–H groups in total. The molecule has 0 aliphatic carbocycles. The molecule has 1 aliphatic heterocycles. The molecular formula is C14H20FN3O. The van der Waals surface area contributed by atoms with Crippen molar-refractivity contribution in [2.24, 2.45) is 0 Å². The Labute approximate surface area is 113 Å². The van der Waals surface area contributed by atoms with E-state index < -0.39 is 0 Å². The van der Waals surface area contributed by atoms with Gasteiger partial charge in [0, 0.05) is 37.8 Å². The summed E-state index contributed by atoms with van der Waals surface area (Å²) in [6.07, 6.45) is 0. The van der Waals surface area contributed by atoms with E-state index >= 15 is 0 Å².